The Morgan fingerprint density at radius 2 is 1.84 bits per heavy atom. The number of alkyl carbamates (subject to hydrolysis) is 1. The first kappa shape index (κ1) is 28.4. The van der Waals surface area contributed by atoms with Gasteiger partial charge in [0.15, 0.2) is 0 Å². The molecule has 0 saturated carbocycles. The first-order valence-electron chi connectivity index (χ1n) is 12.2. The predicted octanol–water partition coefficient (Wildman–Crippen LogP) is 2.04. The first-order chi connectivity index (χ1) is 17.3. The summed E-state index contributed by atoms with van der Waals surface area (Å²) >= 11 is 0. The number of carbonyl (C=O) groups excluding carboxylic acids is 2. The van der Waals surface area contributed by atoms with E-state index < -0.39 is 39.9 Å². The lowest BCUT2D eigenvalue weighted by atomic mass is 10.0. The van der Waals surface area contributed by atoms with Crippen molar-refractivity contribution in [2.24, 2.45) is 0 Å². The maximum absolute atomic E-state index is 13.6. The van der Waals surface area contributed by atoms with Crippen LogP contribution in [0.5, 0.6) is 0 Å². The molecule has 0 unspecified atom stereocenters. The summed E-state index contributed by atoms with van der Waals surface area (Å²) in [4.78, 5) is 24.3. The number of nitrogens with two attached hydrogens (primary N) is 1. The average molecular weight is 533 g/mol. The van der Waals surface area contributed by atoms with Gasteiger partial charge in [0.05, 0.1) is 17.0 Å². The van der Waals surface area contributed by atoms with Crippen molar-refractivity contribution in [3.05, 3.63) is 60.2 Å². The lowest BCUT2D eigenvalue weighted by molar-refractivity contribution is -0.119. The Balaban J connectivity index is 1.87. The Hall–Kier alpha value is -3.15. The van der Waals surface area contributed by atoms with Crippen molar-refractivity contribution in [2.45, 2.75) is 68.7 Å². The van der Waals surface area contributed by atoms with Crippen LogP contribution in [0.15, 0.2) is 59.5 Å². The number of hydrogen-bond acceptors (Lipinski definition) is 7. The number of nitrogen functional groups attached to an aromatic ring is 1. The minimum atomic E-state index is -4.06. The molecule has 3 rings (SSSR count). The monoisotopic (exact) mass is 532 g/mol. The van der Waals surface area contributed by atoms with Gasteiger partial charge >= 0.3 is 6.09 Å². The van der Waals surface area contributed by atoms with Crippen molar-refractivity contribution in [1.29, 1.82) is 0 Å². The number of nitrogens with zero attached hydrogens (tertiary/aromatic N) is 1. The number of aliphatic hydroxyl groups excluding tert-OH is 1. The van der Waals surface area contributed by atoms with Crippen LogP contribution in [-0.4, -0.2) is 66.7 Å². The van der Waals surface area contributed by atoms with E-state index in [0.29, 0.717) is 18.5 Å². The number of benzene rings is 2. The molecule has 0 radical (unpaired) electrons. The molecule has 1 fully saturated rings. The van der Waals surface area contributed by atoms with E-state index in [4.69, 9.17) is 10.5 Å². The van der Waals surface area contributed by atoms with Crippen LogP contribution < -0.4 is 16.4 Å². The van der Waals surface area contributed by atoms with Crippen molar-refractivity contribution >= 4 is 27.7 Å². The van der Waals surface area contributed by atoms with E-state index in [-0.39, 0.29) is 30.3 Å². The van der Waals surface area contributed by atoms with Gasteiger partial charge in [-0.05, 0) is 63.4 Å². The number of ether oxygens (including phenoxy) is 1. The lowest BCUT2D eigenvalue weighted by Gasteiger charge is -2.31. The van der Waals surface area contributed by atoms with Crippen LogP contribution in [0.25, 0.3) is 0 Å². The number of aliphatic hydroxyl groups is 1. The lowest BCUT2D eigenvalue weighted by Crippen LogP contribution is -2.53. The van der Waals surface area contributed by atoms with E-state index >= 15 is 0 Å². The van der Waals surface area contributed by atoms with Crippen LogP contribution in [0.3, 0.4) is 0 Å². The Morgan fingerprint density at radius 3 is 2.41 bits per heavy atom. The molecule has 202 valence electrons. The maximum atomic E-state index is 13.6. The van der Waals surface area contributed by atoms with E-state index in [9.17, 15) is 23.1 Å². The summed E-state index contributed by atoms with van der Waals surface area (Å²) in [5, 5.41) is 16.8. The molecule has 1 heterocycles. The Bertz CT molecular complexity index is 1170. The molecule has 1 aliphatic rings. The minimum Gasteiger partial charge on any atom is -0.444 e. The van der Waals surface area contributed by atoms with E-state index in [1.165, 1.54) is 24.3 Å². The maximum Gasteiger partial charge on any atom is 0.407 e. The summed E-state index contributed by atoms with van der Waals surface area (Å²) < 4.78 is 33.7. The quantitative estimate of drug-likeness (QED) is 0.342. The van der Waals surface area contributed by atoms with Crippen molar-refractivity contribution in [3.8, 4) is 0 Å². The molecule has 2 amide bonds. The second-order valence-corrected chi connectivity index (χ2v) is 12.1. The summed E-state index contributed by atoms with van der Waals surface area (Å²) in [6.45, 7) is 4.84. The van der Waals surface area contributed by atoms with Gasteiger partial charge in [-0.2, -0.15) is 4.31 Å². The zero-order valence-electron chi connectivity index (χ0n) is 21.4. The van der Waals surface area contributed by atoms with Crippen LogP contribution in [0.1, 0.15) is 39.2 Å². The van der Waals surface area contributed by atoms with Gasteiger partial charge in [0.2, 0.25) is 15.9 Å². The molecule has 2 aromatic rings. The summed E-state index contributed by atoms with van der Waals surface area (Å²) in [5.74, 6) is -0.149. The summed E-state index contributed by atoms with van der Waals surface area (Å²) in [6.07, 6.45) is -0.972. The van der Waals surface area contributed by atoms with Crippen LogP contribution in [0.4, 0.5) is 10.5 Å². The number of anilines is 1. The number of amides is 2. The SMILES string of the molecule is CC(C)(C)OC(=O)N[C@@H](Cc1ccccc1)[C@H](O)CN(C[C@H]1CCC(=O)N1)S(=O)(=O)c1ccc(N)cc1. The zero-order chi connectivity index (χ0) is 27.2. The Morgan fingerprint density at radius 1 is 1.19 bits per heavy atom. The van der Waals surface area contributed by atoms with Crippen molar-refractivity contribution < 1.29 is 27.9 Å². The second-order valence-electron chi connectivity index (χ2n) is 10.2. The van der Waals surface area contributed by atoms with Crippen molar-refractivity contribution in [3.63, 3.8) is 0 Å². The van der Waals surface area contributed by atoms with Crippen LogP contribution in [-0.2, 0) is 26.0 Å². The average Bonchev–Trinajstić information content (AvgIpc) is 3.22. The van der Waals surface area contributed by atoms with Crippen molar-refractivity contribution in [1.82, 2.24) is 14.9 Å². The van der Waals surface area contributed by atoms with Gasteiger partial charge in [-0.3, -0.25) is 4.79 Å². The zero-order valence-corrected chi connectivity index (χ0v) is 22.2. The molecule has 37 heavy (non-hydrogen) atoms. The van der Waals surface area contributed by atoms with E-state index in [1.54, 1.807) is 20.8 Å². The number of sulfonamides is 1. The van der Waals surface area contributed by atoms with Gasteiger partial charge in [-0.1, -0.05) is 30.3 Å². The van der Waals surface area contributed by atoms with Gasteiger partial charge in [0, 0.05) is 31.2 Å². The summed E-state index contributed by atoms with van der Waals surface area (Å²) in [5.41, 5.74) is 6.24. The van der Waals surface area contributed by atoms with Gasteiger partial charge < -0.3 is 26.2 Å². The number of rotatable bonds is 10. The summed E-state index contributed by atoms with van der Waals surface area (Å²) in [6, 6.07) is 13.8. The molecule has 0 aromatic heterocycles. The molecule has 11 heteroatoms. The number of nitrogens with one attached hydrogen (secondary N) is 2. The van der Waals surface area contributed by atoms with E-state index in [1.807, 2.05) is 30.3 Å². The molecule has 0 spiro atoms. The number of carbonyl (C=O) groups is 2. The van der Waals surface area contributed by atoms with Crippen LogP contribution in [0.2, 0.25) is 0 Å². The van der Waals surface area contributed by atoms with E-state index in [0.717, 1.165) is 9.87 Å². The highest BCUT2D eigenvalue weighted by molar-refractivity contribution is 7.89. The Labute approximate surface area is 218 Å². The highest BCUT2D eigenvalue weighted by Gasteiger charge is 2.34. The Kier molecular flexibility index (Phi) is 9.16. The summed E-state index contributed by atoms with van der Waals surface area (Å²) in [7, 11) is -4.06. The minimum absolute atomic E-state index is 0.0120. The fourth-order valence-corrected chi connectivity index (χ4v) is 5.57. The van der Waals surface area contributed by atoms with Gasteiger partial charge in [0.1, 0.15) is 5.60 Å². The first-order valence-corrected chi connectivity index (χ1v) is 13.6. The molecule has 10 nitrogen and oxygen atoms in total. The molecule has 3 atom stereocenters. The third-order valence-electron chi connectivity index (χ3n) is 5.88. The highest BCUT2D eigenvalue weighted by atomic mass is 32.2. The standard InChI is InChI=1S/C26H36N4O6S/c1-26(2,3)36-25(33)29-22(15-18-7-5-4-6-8-18)23(31)17-30(16-20-11-14-24(32)28-20)37(34,35)21-12-9-19(27)10-13-21/h4-10,12-13,20,22-23,31H,11,14-17,27H2,1-3H3,(H,28,32)(H,29,33)/t20-,22+,23-/m1/s1. The predicted molar refractivity (Wildman–Crippen MR) is 140 cm³/mol. The molecule has 1 saturated heterocycles. The molecular weight excluding hydrogens is 496 g/mol. The topological polar surface area (TPSA) is 151 Å². The molecule has 0 bridgehead atoms. The molecule has 0 aliphatic carbocycles. The van der Waals surface area contributed by atoms with Crippen molar-refractivity contribution in [2.75, 3.05) is 18.8 Å². The highest BCUT2D eigenvalue weighted by Crippen LogP contribution is 2.21. The normalized spacial score (nSPS) is 17.8. The third-order valence-corrected chi connectivity index (χ3v) is 7.73. The van der Waals surface area contributed by atoms with Gasteiger partial charge in [0.25, 0.3) is 0 Å². The van der Waals surface area contributed by atoms with Gasteiger partial charge in [-0.25, -0.2) is 13.2 Å². The smallest absolute Gasteiger partial charge is 0.407 e. The van der Waals surface area contributed by atoms with Gasteiger partial charge in [-0.15, -0.1) is 0 Å². The molecule has 1 aliphatic heterocycles. The fraction of sp³-hybridized carbons (Fsp3) is 0.462. The third kappa shape index (κ3) is 8.44. The molecule has 5 N–H and O–H groups in total. The van der Waals surface area contributed by atoms with E-state index in [2.05, 4.69) is 10.6 Å². The molecule has 2 aromatic carbocycles. The van der Waals surface area contributed by atoms with Crippen LogP contribution >= 0.6 is 0 Å². The largest absolute Gasteiger partial charge is 0.444 e. The number of hydrogen-bond donors (Lipinski definition) is 4. The fourth-order valence-electron chi connectivity index (χ4n) is 4.07. The van der Waals surface area contributed by atoms with Crippen LogP contribution in [0, 0.1) is 0 Å². The molecular formula is C26H36N4O6S. The second kappa shape index (κ2) is 11.9.